The zero-order chi connectivity index (χ0) is 71.8. The van der Waals surface area contributed by atoms with Crippen molar-refractivity contribution in [3.8, 4) is 0 Å². The molecular formula is C90H153NO8. The molecule has 0 spiro atoms. The van der Waals surface area contributed by atoms with Crippen molar-refractivity contribution in [2.24, 2.45) is 0 Å². The quantitative estimate of drug-likeness (QED) is 0.0195. The minimum atomic E-state index is -1.63. The first-order valence-electron chi connectivity index (χ1n) is 41.0. The molecule has 2 atom stereocenters. The van der Waals surface area contributed by atoms with Crippen LogP contribution in [0.25, 0.3) is 0 Å². The summed E-state index contributed by atoms with van der Waals surface area (Å²) in [5.41, 5.74) is 0. The molecule has 0 aromatic carbocycles. The van der Waals surface area contributed by atoms with E-state index in [9.17, 15) is 19.5 Å². The number of esters is 2. The van der Waals surface area contributed by atoms with E-state index in [4.69, 9.17) is 18.9 Å². The summed E-state index contributed by atoms with van der Waals surface area (Å²) in [6.45, 7) is 4.55. The molecule has 0 aliphatic carbocycles. The third kappa shape index (κ3) is 80.4. The maximum Gasteiger partial charge on any atom is 0.306 e. The van der Waals surface area contributed by atoms with Gasteiger partial charge in [0, 0.05) is 12.8 Å². The molecule has 0 heterocycles. The highest BCUT2D eigenvalue weighted by atomic mass is 16.7. The van der Waals surface area contributed by atoms with Crippen LogP contribution in [0.1, 0.15) is 348 Å². The van der Waals surface area contributed by atoms with E-state index in [0.717, 1.165) is 116 Å². The highest BCUT2D eigenvalue weighted by Crippen LogP contribution is 2.19. The molecule has 9 heteroatoms. The second kappa shape index (κ2) is 78.9. The maximum atomic E-state index is 13.0. The third-order valence-corrected chi connectivity index (χ3v) is 17.6. The van der Waals surface area contributed by atoms with Gasteiger partial charge >= 0.3 is 11.9 Å². The molecular weight excluding hydrogens is 1220 g/mol. The predicted molar refractivity (Wildman–Crippen MR) is 426 cm³/mol. The molecule has 0 saturated carbocycles. The summed E-state index contributed by atoms with van der Waals surface area (Å²) in [6, 6.07) is 0. The van der Waals surface area contributed by atoms with Gasteiger partial charge in [-0.25, -0.2) is 0 Å². The number of hydrogen-bond acceptors (Lipinski definition) is 8. The van der Waals surface area contributed by atoms with Crippen LogP contribution in [-0.2, 0) is 33.3 Å². The number of ether oxygens (including phenoxy) is 4. The number of carbonyl (C=O) groups is 3. The Balaban J connectivity index is 4.02. The van der Waals surface area contributed by atoms with E-state index < -0.39 is 24.3 Å². The summed E-state index contributed by atoms with van der Waals surface area (Å²) in [5, 5.41) is 11.9. The number of hydrogen-bond donors (Lipinski definition) is 0. The van der Waals surface area contributed by atoms with Crippen molar-refractivity contribution in [2.75, 3.05) is 47.5 Å². The van der Waals surface area contributed by atoms with Gasteiger partial charge in [-0.05, 0) is 116 Å². The number of unbranched alkanes of at least 4 members (excludes halogenated alkanes) is 36. The van der Waals surface area contributed by atoms with Crippen LogP contribution < -0.4 is 5.11 Å². The molecule has 0 radical (unpaired) electrons. The Morgan fingerprint density at radius 3 is 0.808 bits per heavy atom. The molecule has 0 aliphatic rings. The minimum Gasteiger partial charge on any atom is -0.545 e. The van der Waals surface area contributed by atoms with Gasteiger partial charge in [0.15, 0.2) is 12.4 Å². The van der Waals surface area contributed by atoms with Crippen LogP contribution in [0.2, 0.25) is 0 Å². The van der Waals surface area contributed by atoms with Gasteiger partial charge in [-0.2, -0.15) is 0 Å². The van der Waals surface area contributed by atoms with Crippen LogP contribution in [0.15, 0.2) is 146 Å². The molecule has 0 N–H and O–H groups in total. The van der Waals surface area contributed by atoms with Crippen LogP contribution in [0.3, 0.4) is 0 Å². The molecule has 99 heavy (non-hydrogen) atoms. The number of allylic oxidation sites excluding steroid dienone is 24. The minimum absolute atomic E-state index is 0.145. The molecule has 0 aromatic heterocycles. The fraction of sp³-hybridized carbons (Fsp3) is 0.700. The van der Waals surface area contributed by atoms with E-state index in [1.54, 1.807) is 0 Å². The van der Waals surface area contributed by atoms with Gasteiger partial charge in [-0.1, -0.05) is 365 Å². The lowest BCUT2D eigenvalue weighted by Gasteiger charge is -2.26. The van der Waals surface area contributed by atoms with Crippen molar-refractivity contribution in [1.29, 1.82) is 0 Å². The Kier molecular flexibility index (Phi) is 75.0. The summed E-state index contributed by atoms with van der Waals surface area (Å²) in [7, 11) is 5.94. The fourth-order valence-electron chi connectivity index (χ4n) is 11.4. The SMILES string of the molecule is CC/C=C\C/C=C\C/C=C\C/C=C\C/C=C\C/C=C\C/C=C\CCCCCCCCCCCCCCCCCC(=O)OC(COC(=O)CCCCCCCCCCCCCCCCCCCCCCC/C=C\C/C=C\C/C=C\C/C=C\C/C=C\CC)COC(OCC[N+](C)(C)C)C(=O)[O-]. The Morgan fingerprint density at radius 1 is 0.303 bits per heavy atom. The zero-order valence-electron chi connectivity index (χ0n) is 64.8. The van der Waals surface area contributed by atoms with Gasteiger partial charge in [0.2, 0.25) is 0 Å². The van der Waals surface area contributed by atoms with Crippen molar-refractivity contribution < 1.29 is 42.9 Å². The van der Waals surface area contributed by atoms with E-state index in [0.29, 0.717) is 23.9 Å². The monoisotopic (exact) mass is 1380 g/mol. The summed E-state index contributed by atoms with van der Waals surface area (Å²) < 4.78 is 22.9. The molecule has 566 valence electrons. The van der Waals surface area contributed by atoms with E-state index in [1.165, 1.54) is 199 Å². The number of carboxylic acids is 1. The average molecular weight is 1380 g/mol. The maximum absolute atomic E-state index is 13.0. The molecule has 0 aromatic rings. The first-order chi connectivity index (χ1) is 48.6. The summed E-state index contributed by atoms with van der Waals surface area (Å²) >= 11 is 0. The van der Waals surface area contributed by atoms with Gasteiger partial charge in [0.25, 0.3) is 0 Å². The molecule has 0 saturated heterocycles. The van der Waals surface area contributed by atoms with Gasteiger partial charge in [0.1, 0.15) is 13.2 Å². The number of carbonyl (C=O) groups excluding carboxylic acids is 3. The van der Waals surface area contributed by atoms with E-state index >= 15 is 0 Å². The second-order valence-corrected chi connectivity index (χ2v) is 28.3. The van der Waals surface area contributed by atoms with Crippen LogP contribution in [0, 0.1) is 0 Å². The van der Waals surface area contributed by atoms with Gasteiger partial charge < -0.3 is 33.3 Å². The van der Waals surface area contributed by atoms with Gasteiger partial charge in [-0.15, -0.1) is 0 Å². The van der Waals surface area contributed by atoms with Crippen molar-refractivity contribution in [1.82, 2.24) is 0 Å². The van der Waals surface area contributed by atoms with Crippen LogP contribution >= 0.6 is 0 Å². The smallest absolute Gasteiger partial charge is 0.306 e. The first kappa shape index (κ1) is 94.2. The molecule has 2 unspecified atom stereocenters. The lowest BCUT2D eigenvalue weighted by Crippen LogP contribution is -2.44. The van der Waals surface area contributed by atoms with E-state index in [1.807, 2.05) is 21.1 Å². The fourth-order valence-corrected chi connectivity index (χ4v) is 11.4. The van der Waals surface area contributed by atoms with E-state index in [2.05, 4.69) is 160 Å². The van der Waals surface area contributed by atoms with Crippen LogP contribution in [0.5, 0.6) is 0 Å². The Hall–Kier alpha value is -4.83. The lowest BCUT2D eigenvalue weighted by molar-refractivity contribution is -0.870. The van der Waals surface area contributed by atoms with Crippen LogP contribution in [0.4, 0.5) is 0 Å². The first-order valence-corrected chi connectivity index (χ1v) is 41.0. The number of aliphatic carboxylic acids is 1. The summed E-state index contributed by atoms with van der Waals surface area (Å²) in [6.07, 6.45) is 113. The normalized spacial score (nSPS) is 13.4. The van der Waals surface area contributed by atoms with Gasteiger partial charge in [-0.3, -0.25) is 9.59 Å². The standard InChI is InChI=1S/C90H153NO8/c1-6-8-10-12-14-16-18-20-22-24-26-28-30-32-34-36-38-40-42-44-46-48-50-52-54-56-58-60-62-64-66-68-70-72-74-76-78-80-87(92)97-84-86(85-98-90(89(94)95)96-83-82-91(3,4)5)99-88(93)81-79-77-75-73-71-69-67-65-63-61-59-57-55-53-51-49-47-45-43-41-39-37-35-33-31-29-27-25-23-21-19-17-15-13-11-9-7-2/h8-11,14-17,20-23,26-29,32-35,39,41,45,47,86,90H,6-7,12-13,18-19,24-25,30-31,36-38,40,42-44,46,48-85H2,1-5H3/b10-8-,11-9-,16-14-,17-15-,22-20-,23-21-,28-26-,29-27-,34-32-,35-33-,41-39-,47-45-. The molecule has 0 amide bonds. The number of likely N-dealkylation sites (N-methyl/N-ethyl adjacent to an activating group) is 1. The molecule has 0 bridgehead atoms. The molecule has 0 fully saturated rings. The van der Waals surface area contributed by atoms with Crippen molar-refractivity contribution in [2.45, 2.75) is 360 Å². The average Bonchev–Trinajstić information content (AvgIpc) is 2.19. The largest absolute Gasteiger partial charge is 0.545 e. The Bertz CT molecular complexity index is 2150. The predicted octanol–water partition coefficient (Wildman–Crippen LogP) is 25.3. The van der Waals surface area contributed by atoms with Crippen molar-refractivity contribution in [3.63, 3.8) is 0 Å². The third-order valence-electron chi connectivity index (χ3n) is 17.6. The molecule has 0 rings (SSSR count). The summed E-state index contributed by atoms with van der Waals surface area (Å²) in [4.78, 5) is 37.6. The van der Waals surface area contributed by atoms with Crippen LogP contribution in [-0.4, -0.2) is 82.3 Å². The number of carboxylic acid groups (broad SMARTS) is 1. The molecule has 9 nitrogen and oxygen atoms in total. The zero-order valence-corrected chi connectivity index (χ0v) is 64.8. The molecule has 0 aliphatic heterocycles. The summed E-state index contributed by atoms with van der Waals surface area (Å²) in [5.74, 6) is -2.27. The topological polar surface area (TPSA) is 111 Å². The Labute approximate surface area is 611 Å². The van der Waals surface area contributed by atoms with Gasteiger partial charge in [0.05, 0.1) is 40.3 Å². The van der Waals surface area contributed by atoms with Crippen molar-refractivity contribution >= 4 is 17.9 Å². The number of nitrogens with zero attached hydrogens (tertiary/aromatic N) is 1. The second-order valence-electron chi connectivity index (χ2n) is 28.3. The van der Waals surface area contributed by atoms with Crippen molar-refractivity contribution in [3.05, 3.63) is 146 Å². The highest BCUT2D eigenvalue weighted by molar-refractivity contribution is 5.70. The van der Waals surface area contributed by atoms with E-state index in [-0.39, 0.29) is 32.2 Å². The lowest BCUT2D eigenvalue weighted by atomic mass is 10.0. The Morgan fingerprint density at radius 2 is 0.545 bits per heavy atom. The number of quaternary nitrogens is 1. The highest BCUT2D eigenvalue weighted by Gasteiger charge is 2.22. The number of rotatable bonds is 75.